The molecule has 0 saturated carbocycles. The van der Waals surface area contributed by atoms with E-state index >= 15 is 0 Å². The van der Waals surface area contributed by atoms with E-state index in [1.807, 2.05) is 37.3 Å². The SMILES string of the molecule is CCCc1nnsc1C(=O)Nc1ccc(-c2nc3cccnc3s2)cc1C. The predicted molar refractivity (Wildman–Crippen MR) is 109 cm³/mol. The second-order valence-corrected chi connectivity index (χ2v) is 7.86. The number of rotatable bonds is 5. The Hall–Kier alpha value is -2.71. The van der Waals surface area contributed by atoms with Crippen LogP contribution in [0.25, 0.3) is 20.9 Å². The second-order valence-electron chi connectivity index (χ2n) is 6.13. The Morgan fingerprint density at radius 2 is 2.15 bits per heavy atom. The summed E-state index contributed by atoms with van der Waals surface area (Å²) in [5.74, 6) is -0.159. The maximum absolute atomic E-state index is 12.6. The summed E-state index contributed by atoms with van der Waals surface area (Å²) in [5.41, 5.74) is 4.42. The molecule has 1 aromatic carbocycles. The highest BCUT2D eigenvalue weighted by Crippen LogP contribution is 2.31. The molecular weight excluding hydrogens is 378 g/mol. The number of thiazole rings is 1. The standard InChI is InChI=1S/C19H17N5OS2/c1-3-5-14-16(27-24-23-14)17(25)21-13-8-7-12(10-11(13)2)18-22-15-6-4-9-20-19(15)26-18/h4,6-10H,3,5H2,1-2H3,(H,21,25). The Morgan fingerprint density at radius 3 is 2.93 bits per heavy atom. The summed E-state index contributed by atoms with van der Waals surface area (Å²) in [7, 11) is 0. The number of nitrogens with one attached hydrogen (secondary N) is 1. The summed E-state index contributed by atoms with van der Waals surface area (Å²) in [4.78, 5) is 23.1. The van der Waals surface area contributed by atoms with Crippen LogP contribution >= 0.6 is 22.9 Å². The van der Waals surface area contributed by atoms with Crippen molar-refractivity contribution in [3.8, 4) is 10.6 Å². The van der Waals surface area contributed by atoms with Crippen LogP contribution in [-0.4, -0.2) is 25.5 Å². The van der Waals surface area contributed by atoms with Gasteiger partial charge in [-0.1, -0.05) is 29.2 Å². The first-order valence-corrected chi connectivity index (χ1v) is 10.2. The van der Waals surface area contributed by atoms with Crippen molar-refractivity contribution < 1.29 is 4.79 Å². The highest BCUT2D eigenvalue weighted by Gasteiger charge is 2.17. The first-order valence-electron chi connectivity index (χ1n) is 8.61. The molecule has 0 radical (unpaired) electrons. The second kappa shape index (κ2) is 7.50. The van der Waals surface area contributed by atoms with Crippen LogP contribution in [0.15, 0.2) is 36.5 Å². The number of benzene rings is 1. The predicted octanol–water partition coefficient (Wildman–Crippen LogP) is 4.72. The molecule has 1 amide bonds. The van der Waals surface area contributed by atoms with E-state index in [1.165, 1.54) is 0 Å². The van der Waals surface area contributed by atoms with Crippen LogP contribution in [0, 0.1) is 6.92 Å². The van der Waals surface area contributed by atoms with Gasteiger partial charge in [0.2, 0.25) is 0 Å². The number of pyridine rings is 1. The summed E-state index contributed by atoms with van der Waals surface area (Å²) in [6, 6.07) is 9.76. The highest BCUT2D eigenvalue weighted by atomic mass is 32.1. The van der Waals surface area contributed by atoms with Crippen LogP contribution < -0.4 is 5.32 Å². The van der Waals surface area contributed by atoms with Gasteiger partial charge in [-0.25, -0.2) is 9.97 Å². The largest absolute Gasteiger partial charge is 0.321 e. The summed E-state index contributed by atoms with van der Waals surface area (Å²) in [5, 5.41) is 7.96. The van der Waals surface area contributed by atoms with Gasteiger partial charge in [0.05, 0.1) is 5.69 Å². The lowest BCUT2D eigenvalue weighted by Crippen LogP contribution is -2.13. The molecule has 0 spiro atoms. The first-order chi connectivity index (χ1) is 13.2. The van der Waals surface area contributed by atoms with E-state index < -0.39 is 0 Å². The fourth-order valence-corrected chi connectivity index (χ4v) is 4.30. The molecule has 4 rings (SSSR count). The van der Waals surface area contributed by atoms with Gasteiger partial charge in [-0.15, -0.1) is 5.10 Å². The Kier molecular flexibility index (Phi) is 4.91. The number of fused-ring (bicyclic) bond motifs is 1. The lowest BCUT2D eigenvalue weighted by atomic mass is 10.1. The Labute approximate surface area is 164 Å². The molecule has 0 aliphatic rings. The third-order valence-electron chi connectivity index (χ3n) is 4.14. The van der Waals surface area contributed by atoms with Gasteiger partial charge in [0.25, 0.3) is 5.91 Å². The van der Waals surface area contributed by atoms with E-state index in [4.69, 9.17) is 0 Å². The van der Waals surface area contributed by atoms with Crippen LogP contribution in [0.4, 0.5) is 5.69 Å². The average molecular weight is 396 g/mol. The van der Waals surface area contributed by atoms with E-state index in [1.54, 1.807) is 17.5 Å². The van der Waals surface area contributed by atoms with Crippen molar-refractivity contribution in [3.05, 3.63) is 52.7 Å². The molecule has 1 N–H and O–H groups in total. The number of anilines is 1. The fourth-order valence-electron chi connectivity index (χ4n) is 2.79. The first kappa shape index (κ1) is 17.7. The monoisotopic (exact) mass is 395 g/mol. The van der Waals surface area contributed by atoms with Crippen LogP contribution in [0.3, 0.4) is 0 Å². The van der Waals surface area contributed by atoms with E-state index in [0.29, 0.717) is 4.88 Å². The summed E-state index contributed by atoms with van der Waals surface area (Å²) in [6.07, 6.45) is 3.45. The zero-order valence-corrected chi connectivity index (χ0v) is 16.5. The Bertz CT molecular complexity index is 1090. The minimum Gasteiger partial charge on any atom is -0.321 e. The van der Waals surface area contributed by atoms with Crippen LogP contribution in [0.5, 0.6) is 0 Å². The third kappa shape index (κ3) is 3.58. The molecule has 8 heteroatoms. The Morgan fingerprint density at radius 1 is 1.26 bits per heavy atom. The van der Waals surface area contributed by atoms with Crippen molar-refractivity contribution in [1.82, 2.24) is 19.6 Å². The molecule has 0 fully saturated rings. The van der Waals surface area contributed by atoms with Gasteiger partial charge in [0.1, 0.15) is 20.2 Å². The normalized spacial score (nSPS) is 11.0. The molecule has 0 bridgehead atoms. The number of aryl methyl sites for hydroxylation is 2. The van der Waals surface area contributed by atoms with Crippen molar-refractivity contribution >= 4 is 44.8 Å². The third-order valence-corrected chi connectivity index (χ3v) is 5.93. The summed E-state index contributed by atoms with van der Waals surface area (Å²) in [6.45, 7) is 4.03. The number of hydrogen-bond acceptors (Lipinski definition) is 7. The van der Waals surface area contributed by atoms with Gasteiger partial charge < -0.3 is 5.32 Å². The fraction of sp³-hybridized carbons (Fsp3) is 0.211. The molecule has 0 saturated heterocycles. The Balaban J connectivity index is 1.58. The van der Waals surface area contributed by atoms with Gasteiger partial charge in [-0.2, -0.15) is 0 Å². The molecule has 0 aliphatic carbocycles. The number of carbonyl (C=O) groups excluding carboxylic acids is 1. The topological polar surface area (TPSA) is 80.7 Å². The molecule has 27 heavy (non-hydrogen) atoms. The van der Waals surface area contributed by atoms with E-state index in [-0.39, 0.29) is 5.91 Å². The lowest BCUT2D eigenvalue weighted by molar-refractivity contribution is 0.102. The minimum atomic E-state index is -0.159. The van der Waals surface area contributed by atoms with Crippen molar-refractivity contribution in [2.45, 2.75) is 26.7 Å². The van der Waals surface area contributed by atoms with Crippen molar-refractivity contribution in [3.63, 3.8) is 0 Å². The molecule has 0 unspecified atom stereocenters. The van der Waals surface area contributed by atoms with E-state index in [0.717, 1.165) is 62.2 Å². The number of carbonyl (C=O) groups is 1. The molecule has 0 aliphatic heterocycles. The average Bonchev–Trinajstić information content (AvgIpc) is 3.30. The molecule has 0 atom stereocenters. The maximum atomic E-state index is 12.6. The molecule has 3 aromatic heterocycles. The number of hydrogen-bond donors (Lipinski definition) is 1. The van der Waals surface area contributed by atoms with Gasteiger partial charge in [0.15, 0.2) is 0 Å². The summed E-state index contributed by atoms with van der Waals surface area (Å²) < 4.78 is 3.92. The zero-order valence-electron chi connectivity index (χ0n) is 14.9. The van der Waals surface area contributed by atoms with E-state index in [2.05, 4.69) is 31.8 Å². The smallest absolute Gasteiger partial charge is 0.269 e. The van der Waals surface area contributed by atoms with Gasteiger partial charge >= 0.3 is 0 Å². The molecule has 6 nitrogen and oxygen atoms in total. The van der Waals surface area contributed by atoms with Crippen LogP contribution in [0.1, 0.15) is 34.3 Å². The lowest BCUT2D eigenvalue weighted by Gasteiger charge is -2.09. The van der Waals surface area contributed by atoms with E-state index in [9.17, 15) is 4.79 Å². The highest BCUT2D eigenvalue weighted by molar-refractivity contribution is 7.21. The maximum Gasteiger partial charge on any atom is 0.269 e. The van der Waals surface area contributed by atoms with Crippen molar-refractivity contribution in [2.75, 3.05) is 5.32 Å². The van der Waals surface area contributed by atoms with Crippen LogP contribution in [0.2, 0.25) is 0 Å². The van der Waals surface area contributed by atoms with Crippen molar-refractivity contribution in [1.29, 1.82) is 0 Å². The van der Waals surface area contributed by atoms with Gasteiger partial charge in [-0.05, 0) is 60.8 Å². The zero-order chi connectivity index (χ0) is 18.8. The number of amides is 1. The van der Waals surface area contributed by atoms with Gasteiger partial charge in [0, 0.05) is 17.4 Å². The number of nitrogens with zero attached hydrogens (tertiary/aromatic N) is 4. The van der Waals surface area contributed by atoms with Crippen molar-refractivity contribution in [2.24, 2.45) is 0 Å². The van der Waals surface area contributed by atoms with Gasteiger partial charge in [-0.3, -0.25) is 4.79 Å². The molecule has 3 heterocycles. The summed E-state index contributed by atoms with van der Waals surface area (Å²) >= 11 is 2.70. The minimum absolute atomic E-state index is 0.159. The molecular formula is C19H17N5OS2. The number of aromatic nitrogens is 4. The quantitative estimate of drug-likeness (QED) is 0.529. The molecule has 136 valence electrons. The van der Waals surface area contributed by atoms with Crippen LogP contribution in [-0.2, 0) is 6.42 Å². The molecule has 4 aromatic rings.